The van der Waals surface area contributed by atoms with E-state index in [1.165, 1.54) is 21.1 Å². The number of carbonyl (C=O) groups is 3. The molecule has 0 spiro atoms. The molecule has 0 aliphatic carbocycles. The van der Waals surface area contributed by atoms with Crippen molar-refractivity contribution in [1.29, 1.82) is 0 Å². The molecule has 0 aliphatic rings. The topological polar surface area (TPSA) is 90.9 Å². The highest BCUT2D eigenvalue weighted by Crippen LogP contribution is 2.29. The lowest BCUT2D eigenvalue weighted by Crippen LogP contribution is -2.30. The third-order valence-electron chi connectivity index (χ3n) is 3.98. The first kappa shape index (κ1) is 21.0. The predicted octanol–water partition coefficient (Wildman–Crippen LogP) is 3.24. The van der Waals surface area contributed by atoms with Crippen molar-refractivity contribution in [2.45, 2.75) is 25.9 Å². The van der Waals surface area contributed by atoms with Crippen molar-refractivity contribution in [2.24, 2.45) is 0 Å². The Labute approximate surface area is 163 Å². The molecule has 2 aromatic carbocycles. The van der Waals surface area contributed by atoms with Gasteiger partial charge in [0.05, 0.1) is 20.6 Å². The monoisotopic (exact) mass is 385 g/mol. The van der Waals surface area contributed by atoms with Gasteiger partial charge >= 0.3 is 5.97 Å². The number of hydrogen-bond acceptors (Lipinski definition) is 6. The average molecular weight is 385 g/mol. The first-order valence-electron chi connectivity index (χ1n) is 8.75. The maximum Gasteiger partial charge on any atom is 0.307 e. The molecule has 0 unspecified atom stereocenters. The largest absolute Gasteiger partial charge is 0.493 e. The molecule has 0 bridgehead atoms. The van der Waals surface area contributed by atoms with Crippen LogP contribution in [0, 0.1) is 0 Å². The van der Waals surface area contributed by atoms with Gasteiger partial charge in [0.2, 0.25) is 0 Å². The minimum Gasteiger partial charge on any atom is -0.493 e. The van der Waals surface area contributed by atoms with Crippen molar-refractivity contribution < 1.29 is 28.6 Å². The van der Waals surface area contributed by atoms with E-state index >= 15 is 0 Å². The number of nitrogens with one attached hydrogen (secondary N) is 1. The van der Waals surface area contributed by atoms with E-state index in [1.54, 1.807) is 42.5 Å². The summed E-state index contributed by atoms with van der Waals surface area (Å²) in [6.45, 7) is 1.47. The number of amides is 1. The van der Waals surface area contributed by atoms with Gasteiger partial charge in [0.25, 0.3) is 5.91 Å². The standard InChI is InChI=1S/C21H23NO6/c1-14(21(25)22-16-9-11-18(26-2)19(13-16)27-3)28-20(24)12-10-17(23)15-7-5-4-6-8-15/h4-9,11,13-14H,10,12H2,1-3H3,(H,22,25)/t14-/m0/s1. The van der Waals surface area contributed by atoms with Crippen molar-refractivity contribution in [1.82, 2.24) is 0 Å². The van der Waals surface area contributed by atoms with E-state index in [0.29, 0.717) is 22.7 Å². The SMILES string of the molecule is COc1ccc(NC(=O)[C@H](C)OC(=O)CCC(=O)c2ccccc2)cc1OC. The van der Waals surface area contributed by atoms with Crippen LogP contribution >= 0.6 is 0 Å². The second-order valence-electron chi connectivity index (χ2n) is 5.98. The van der Waals surface area contributed by atoms with Crippen molar-refractivity contribution >= 4 is 23.3 Å². The highest BCUT2D eigenvalue weighted by atomic mass is 16.5. The molecule has 1 atom stereocenters. The van der Waals surface area contributed by atoms with Gasteiger partial charge < -0.3 is 19.5 Å². The van der Waals surface area contributed by atoms with Crippen LogP contribution in [0.5, 0.6) is 11.5 Å². The van der Waals surface area contributed by atoms with E-state index in [4.69, 9.17) is 14.2 Å². The first-order valence-corrected chi connectivity index (χ1v) is 8.75. The maximum absolute atomic E-state index is 12.2. The Hall–Kier alpha value is -3.35. The summed E-state index contributed by atoms with van der Waals surface area (Å²) in [6.07, 6.45) is -1.08. The minimum absolute atomic E-state index is 0.0207. The Balaban J connectivity index is 1.84. The molecule has 2 aromatic rings. The highest BCUT2D eigenvalue weighted by molar-refractivity contribution is 5.98. The lowest BCUT2D eigenvalue weighted by atomic mass is 10.1. The predicted molar refractivity (Wildman–Crippen MR) is 104 cm³/mol. The first-order chi connectivity index (χ1) is 13.4. The van der Waals surface area contributed by atoms with Crippen LogP contribution in [0.4, 0.5) is 5.69 Å². The summed E-state index contributed by atoms with van der Waals surface area (Å²) in [5.41, 5.74) is 1.01. The Kier molecular flexibility index (Phi) is 7.56. The number of anilines is 1. The van der Waals surface area contributed by atoms with Crippen LogP contribution in [0.25, 0.3) is 0 Å². The summed E-state index contributed by atoms with van der Waals surface area (Å²) in [5, 5.41) is 2.65. The number of hydrogen-bond donors (Lipinski definition) is 1. The van der Waals surface area contributed by atoms with Crippen LogP contribution < -0.4 is 14.8 Å². The summed E-state index contributed by atoms with van der Waals surface area (Å²) < 4.78 is 15.4. The zero-order valence-electron chi connectivity index (χ0n) is 16.1. The number of benzene rings is 2. The van der Waals surface area contributed by atoms with Crippen LogP contribution in [-0.4, -0.2) is 38.0 Å². The highest BCUT2D eigenvalue weighted by Gasteiger charge is 2.19. The molecule has 0 heterocycles. The van der Waals surface area contributed by atoms with Crippen LogP contribution in [0.1, 0.15) is 30.1 Å². The molecule has 1 N–H and O–H groups in total. The molecule has 0 saturated carbocycles. The lowest BCUT2D eigenvalue weighted by Gasteiger charge is -2.15. The third-order valence-corrected chi connectivity index (χ3v) is 3.98. The van der Waals surface area contributed by atoms with E-state index in [1.807, 2.05) is 6.07 Å². The molecule has 0 aromatic heterocycles. The zero-order chi connectivity index (χ0) is 20.5. The smallest absolute Gasteiger partial charge is 0.307 e. The molecular weight excluding hydrogens is 362 g/mol. The minimum atomic E-state index is -1.01. The fourth-order valence-corrected chi connectivity index (χ4v) is 2.45. The lowest BCUT2D eigenvalue weighted by molar-refractivity contribution is -0.153. The van der Waals surface area contributed by atoms with Crippen LogP contribution in [0.3, 0.4) is 0 Å². The van der Waals surface area contributed by atoms with Gasteiger partial charge in [-0.05, 0) is 19.1 Å². The number of carbonyl (C=O) groups excluding carboxylic acids is 3. The quantitative estimate of drug-likeness (QED) is 0.526. The van der Waals surface area contributed by atoms with Crippen molar-refractivity contribution in [3.05, 3.63) is 54.1 Å². The van der Waals surface area contributed by atoms with Gasteiger partial charge in [-0.1, -0.05) is 30.3 Å². The Morgan fingerprint density at radius 1 is 0.929 bits per heavy atom. The summed E-state index contributed by atoms with van der Waals surface area (Å²) in [6, 6.07) is 13.6. The van der Waals surface area contributed by atoms with E-state index in [0.717, 1.165) is 0 Å². The van der Waals surface area contributed by atoms with Gasteiger partial charge in [0, 0.05) is 23.7 Å². The van der Waals surface area contributed by atoms with Crippen molar-refractivity contribution in [3.63, 3.8) is 0 Å². The fourth-order valence-electron chi connectivity index (χ4n) is 2.45. The molecule has 0 radical (unpaired) electrons. The van der Waals surface area contributed by atoms with Crippen molar-refractivity contribution in [3.8, 4) is 11.5 Å². The van der Waals surface area contributed by atoms with Gasteiger partial charge in [0.15, 0.2) is 23.4 Å². The van der Waals surface area contributed by atoms with E-state index in [-0.39, 0.29) is 18.6 Å². The van der Waals surface area contributed by atoms with Crippen LogP contribution in [-0.2, 0) is 14.3 Å². The normalized spacial score (nSPS) is 11.2. The second-order valence-corrected chi connectivity index (χ2v) is 5.98. The van der Waals surface area contributed by atoms with Gasteiger partial charge in [-0.25, -0.2) is 0 Å². The molecule has 7 heteroatoms. The second kappa shape index (κ2) is 10.1. The average Bonchev–Trinajstić information content (AvgIpc) is 2.72. The number of ketones is 1. The number of methoxy groups -OCH3 is 2. The fraction of sp³-hybridized carbons (Fsp3) is 0.286. The Morgan fingerprint density at radius 2 is 1.61 bits per heavy atom. The number of Topliss-reactive ketones (excluding diaryl/α,β-unsaturated/α-hetero) is 1. The van der Waals surface area contributed by atoms with E-state index in [2.05, 4.69) is 5.32 Å². The molecule has 0 saturated heterocycles. The molecule has 28 heavy (non-hydrogen) atoms. The molecular formula is C21H23NO6. The van der Waals surface area contributed by atoms with Crippen LogP contribution in [0.15, 0.2) is 48.5 Å². The van der Waals surface area contributed by atoms with Crippen molar-refractivity contribution in [2.75, 3.05) is 19.5 Å². The van der Waals surface area contributed by atoms with Gasteiger partial charge in [-0.2, -0.15) is 0 Å². The van der Waals surface area contributed by atoms with Crippen LogP contribution in [0.2, 0.25) is 0 Å². The molecule has 1 amide bonds. The summed E-state index contributed by atoms with van der Waals surface area (Å²) in [7, 11) is 3.00. The molecule has 0 fully saturated rings. The maximum atomic E-state index is 12.2. The summed E-state index contributed by atoms with van der Waals surface area (Å²) >= 11 is 0. The molecule has 2 rings (SSSR count). The van der Waals surface area contributed by atoms with Gasteiger partial charge in [-0.3, -0.25) is 14.4 Å². The number of rotatable bonds is 9. The zero-order valence-corrected chi connectivity index (χ0v) is 16.1. The van der Waals surface area contributed by atoms with Gasteiger partial charge in [-0.15, -0.1) is 0 Å². The molecule has 0 aliphatic heterocycles. The molecule has 7 nitrogen and oxygen atoms in total. The summed E-state index contributed by atoms with van der Waals surface area (Å²) in [4.78, 5) is 36.2. The molecule has 148 valence electrons. The Bertz CT molecular complexity index is 834. The van der Waals surface area contributed by atoms with Gasteiger partial charge in [0.1, 0.15) is 0 Å². The third kappa shape index (κ3) is 5.84. The Morgan fingerprint density at radius 3 is 2.25 bits per heavy atom. The van der Waals surface area contributed by atoms with E-state index in [9.17, 15) is 14.4 Å². The summed E-state index contributed by atoms with van der Waals surface area (Å²) in [5.74, 6) is -0.262. The number of esters is 1. The van der Waals surface area contributed by atoms with E-state index < -0.39 is 18.0 Å². The number of ether oxygens (including phenoxy) is 3.